The third-order valence-corrected chi connectivity index (χ3v) is 5.20. The molecule has 0 radical (unpaired) electrons. The van der Waals surface area contributed by atoms with Gasteiger partial charge >= 0.3 is 0 Å². The standard InChI is InChI=1S/C18H17ClN2O4S/c1-24-14-8-15(25-2)12(7-11(14)19)20-17(22)9-21-13-5-3-4-6-16(13)26-10-18(21)23/h3-8H,9-10H2,1-2H3,(H,20,22). The molecule has 0 unspecified atom stereocenters. The number of benzene rings is 2. The van der Waals surface area contributed by atoms with E-state index in [1.165, 1.54) is 30.9 Å². The zero-order valence-corrected chi connectivity index (χ0v) is 15.8. The van der Waals surface area contributed by atoms with Gasteiger partial charge in [-0.3, -0.25) is 9.59 Å². The molecule has 0 fully saturated rings. The highest BCUT2D eigenvalue weighted by Gasteiger charge is 2.26. The Hall–Kier alpha value is -2.38. The van der Waals surface area contributed by atoms with E-state index in [0.29, 0.717) is 28.0 Å². The normalized spacial score (nSPS) is 13.2. The first-order valence-electron chi connectivity index (χ1n) is 7.77. The molecule has 3 rings (SSSR count). The number of hydrogen-bond donors (Lipinski definition) is 1. The van der Waals surface area contributed by atoms with Gasteiger partial charge in [0.1, 0.15) is 18.0 Å². The zero-order chi connectivity index (χ0) is 18.7. The molecule has 136 valence electrons. The van der Waals surface area contributed by atoms with Crippen molar-refractivity contribution in [3.63, 3.8) is 0 Å². The maximum absolute atomic E-state index is 12.5. The van der Waals surface area contributed by atoms with Crippen LogP contribution in [0.2, 0.25) is 5.02 Å². The molecule has 1 aliphatic heterocycles. The van der Waals surface area contributed by atoms with Gasteiger partial charge in [0.05, 0.1) is 36.4 Å². The van der Waals surface area contributed by atoms with Gasteiger partial charge in [-0.25, -0.2) is 0 Å². The van der Waals surface area contributed by atoms with Crippen LogP contribution in [0.15, 0.2) is 41.3 Å². The van der Waals surface area contributed by atoms with E-state index in [4.69, 9.17) is 21.1 Å². The molecule has 0 spiro atoms. The van der Waals surface area contributed by atoms with E-state index in [9.17, 15) is 9.59 Å². The molecule has 1 N–H and O–H groups in total. The summed E-state index contributed by atoms with van der Waals surface area (Å²) in [6.07, 6.45) is 0. The monoisotopic (exact) mass is 392 g/mol. The first-order chi connectivity index (χ1) is 12.5. The number of nitrogens with one attached hydrogen (secondary N) is 1. The van der Waals surface area contributed by atoms with Crippen LogP contribution in [-0.2, 0) is 9.59 Å². The number of anilines is 2. The minimum absolute atomic E-state index is 0.0940. The lowest BCUT2D eigenvalue weighted by atomic mass is 10.2. The van der Waals surface area contributed by atoms with Gasteiger partial charge in [0.15, 0.2) is 0 Å². The van der Waals surface area contributed by atoms with Gasteiger partial charge in [0.25, 0.3) is 0 Å². The number of methoxy groups -OCH3 is 2. The largest absolute Gasteiger partial charge is 0.495 e. The minimum atomic E-state index is -0.348. The van der Waals surface area contributed by atoms with Gasteiger partial charge < -0.3 is 19.7 Å². The number of amides is 2. The van der Waals surface area contributed by atoms with Gasteiger partial charge in [0.2, 0.25) is 11.8 Å². The van der Waals surface area contributed by atoms with Gasteiger partial charge in [-0.15, -0.1) is 11.8 Å². The summed E-state index contributed by atoms with van der Waals surface area (Å²) in [5.41, 5.74) is 1.15. The lowest BCUT2D eigenvalue weighted by Crippen LogP contribution is -2.41. The van der Waals surface area contributed by atoms with Crippen molar-refractivity contribution in [2.45, 2.75) is 4.90 Å². The van der Waals surface area contributed by atoms with E-state index in [1.54, 1.807) is 12.1 Å². The second-order valence-corrected chi connectivity index (χ2v) is 6.90. The van der Waals surface area contributed by atoms with Crippen LogP contribution in [0.3, 0.4) is 0 Å². The number of fused-ring (bicyclic) bond motifs is 1. The molecule has 26 heavy (non-hydrogen) atoms. The molecule has 1 aliphatic rings. The fourth-order valence-electron chi connectivity index (χ4n) is 2.62. The molecule has 8 heteroatoms. The molecule has 0 saturated heterocycles. The Morgan fingerprint density at radius 3 is 2.69 bits per heavy atom. The van der Waals surface area contributed by atoms with Gasteiger partial charge in [0, 0.05) is 11.0 Å². The predicted molar refractivity (Wildman–Crippen MR) is 103 cm³/mol. The number of hydrogen-bond acceptors (Lipinski definition) is 5. The smallest absolute Gasteiger partial charge is 0.244 e. The van der Waals surface area contributed by atoms with Crippen LogP contribution in [0.1, 0.15) is 0 Å². The number of para-hydroxylation sites is 1. The predicted octanol–water partition coefficient (Wildman–Crippen LogP) is 3.43. The Bertz CT molecular complexity index is 859. The van der Waals surface area contributed by atoms with Crippen LogP contribution >= 0.6 is 23.4 Å². The van der Waals surface area contributed by atoms with Crippen molar-refractivity contribution >= 4 is 46.6 Å². The van der Waals surface area contributed by atoms with Gasteiger partial charge in [-0.05, 0) is 18.2 Å². The fourth-order valence-corrected chi connectivity index (χ4v) is 3.79. The van der Waals surface area contributed by atoms with Crippen LogP contribution in [0, 0.1) is 0 Å². The second-order valence-electron chi connectivity index (χ2n) is 5.47. The van der Waals surface area contributed by atoms with Crippen molar-refractivity contribution in [2.75, 3.05) is 36.7 Å². The lowest BCUT2D eigenvalue weighted by Gasteiger charge is -2.28. The number of thioether (sulfide) groups is 1. The van der Waals surface area contributed by atoms with Crippen LogP contribution in [0.5, 0.6) is 11.5 Å². The molecule has 2 amide bonds. The number of halogens is 1. The summed E-state index contributed by atoms with van der Waals surface area (Å²) < 4.78 is 10.4. The Kier molecular flexibility index (Phi) is 5.58. The number of rotatable bonds is 5. The first kappa shape index (κ1) is 18.4. The van der Waals surface area contributed by atoms with E-state index >= 15 is 0 Å². The van der Waals surface area contributed by atoms with Crippen LogP contribution < -0.4 is 19.7 Å². The number of ether oxygens (including phenoxy) is 2. The van der Waals surface area contributed by atoms with Crippen molar-refractivity contribution < 1.29 is 19.1 Å². The minimum Gasteiger partial charge on any atom is -0.495 e. The summed E-state index contributed by atoms with van der Waals surface area (Å²) in [5.74, 6) is 0.712. The van der Waals surface area contributed by atoms with Crippen molar-refractivity contribution in [3.05, 3.63) is 41.4 Å². The SMILES string of the molecule is COc1cc(OC)c(NC(=O)CN2C(=O)CSc3ccccc32)cc1Cl. The Balaban J connectivity index is 1.80. The Morgan fingerprint density at radius 2 is 1.96 bits per heavy atom. The molecule has 2 aromatic carbocycles. The van der Waals surface area contributed by atoms with Gasteiger partial charge in [-0.2, -0.15) is 0 Å². The number of carbonyl (C=O) groups excluding carboxylic acids is 2. The summed E-state index contributed by atoms with van der Waals surface area (Å²) in [5, 5.41) is 3.09. The van der Waals surface area contributed by atoms with Crippen molar-refractivity contribution in [1.29, 1.82) is 0 Å². The van der Waals surface area contributed by atoms with Crippen molar-refractivity contribution in [3.8, 4) is 11.5 Å². The number of nitrogens with zero attached hydrogens (tertiary/aromatic N) is 1. The molecule has 6 nitrogen and oxygen atoms in total. The maximum atomic E-state index is 12.5. The second kappa shape index (κ2) is 7.88. The summed E-state index contributed by atoms with van der Waals surface area (Å²) in [6, 6.07) is 10.7. The summed E-state index contributed by atoms with van der Waals surface area (Å²) in [4.78, 5) is 27.3. The lowest BCUT2D eigenvalue weighted by molar-refractivity contribution is -0.120. The van der Waals surface area contributed by atoms with E-state index in [0.717, 1.165) is 10.6 Å². The zero-order valence-electron chi connectivity index (χ0n) is 14.2. The molecule has 0 aliphatic carbocycles. The summed E-state index contributed by atoms with van der Waals surface area (Å²) >= 11 is 7.59. The average Bonchev–Trinajstić information content (AvgIpc) is 2.64. The van der Waals surface area contributed by atoms with Crippen LogP contribution in [-0.4, -0.2) is 38.3 Å². The van der Waals surface area contributed by atoms with E-state index in [-0.39, 0.29) is 18.4 Å². The molecule has 2 aromatic rings. The summed E-state index contributed by atoms with van der Waals surface area (Å²) in [6.45, 7) is -0.0940. The molecule has 0 saturated carbocycles. The highest BCUT2D eigenvalue weighted by atomic mass is 35.5. The average molecular weight is 393 g/mol. The molecule has 0 atom stereocenters. The third-order valence-electron chi connectivity index (χ3n) is 3.86. The van der Waals surface area contributed by atoms with Crippen molar-refractivity contribution in [1.82, 2.24) is 0 Å². The van der Waals surface area contributed by atoms with Crippen molar-refractivity contribution in [2.24, 2.45) is 0 Å². The van der Waals surface area contributed by atoms with E-state index < -0.39 is 0 Å². The Morgan fingerprint density at radius 1 is 1.23 bits per heavy atom. The van der Waals surface area contributed by atoms with E-state index in [1.807, 2.05) is 24.3 Å². The topological polar surface area (TPSA) is 67.9 Å². The molecule has 0 bridgehead atoms. The quantitative estimate of drug-likeness (QED) is 0.844. The first-order valence-corrected chi connectivity index (χ1v) is 9.13. The fraction of sp³-hybridized carbons (Fsp3) is 0.222. The highest BCUT2D eigenvalue weighted by Crippen LogP contribution is 2.37. The van der Waals surface area contributed by atoms with Crippen LogP contribution in [0.25, 0.3) is 0 Å². The van der Waals surface area contributed by atoms with Crippen LogP contribution in [0.4, 0.5) is 11.4 Å². The third kappa shape index (κ3) is 3.73. The Labute approximate surface area is 160 Å². The molecular formula is C18H17ClN2O4S. The number of carbonyl (C=O) groups is 2. The highest BCUT2D eigenvalue weighted by molar-refractivity contribution is 8.00. The maximum Gasteiger partial charge on any atom is 0.244 e. The van der Waals surface area contributed by atoms with E-state index in [2.05, 4.69) is 5.32 Å². The van der Waals surface area contributed by atoms with Gasteiger partial charge in [-0.1, -0.05) is 23.7 Å². The summed E-state index contributed by atoms with van der Waals surface area (Å²) in [7, 11) is 2.98. The molecule has 1 heterocycles. The molecule has 0 aromatic heterocycles. The molecular weight excluding hydrogens is 376 g/mol.